The summed E-state index contributed by atoms with van der Waals surface area (Å²) in [5.41, 5.74) is 5.33. The Balaban J connectivity index is 1.38. The van der Waals surface area contributed by atoms with Gasteiger partial charge in [-0.3, -0.25) is 4.79 Å². The van der Waals surface area contributed by atoms with E-state index in [1.807, 2.05) is 66.4 Å². The van der Waals surface area contributed by atoms with Crippen LogP contribution in [-0.2, 0) is 13.0 Å². The van der Waals surface area contributed by atoms with Crippen LogP contribution in [0, 0.1) is 6.92 Å². The second-order valence-electron chi connectivity index (χ2n) is 7.31. The normalized spacial score (nSPS) is 12.4. The summed E-state index contributed by atoms with van der Waals surface area (Å²) < 4.78 is 0. The van der Waals surface area contributed by atoms with Gasteiger partial charge in [0, 0.05) is 35.1 Å². The maximum atomic E-state index is 12.8. The zero-order valence-electron chi connectivity index (χ0n) is 16.6. The Morgan fingerprint density at radius 3 is 2.60 bits per heavy atom. The van der Waals surface area contributed by atoms with Crippen LogP contribution in [0.25, 0.3) is 0 Å². The number of hydrogen-bond acceptors (Lipinski definition) is 2. The van der Waals surface area contributed by atoms with E-state index in [1.54, 1.807) is 6.07 Å². The molecule has 3 aromatic carbocycles. The number of anilines is 2. The number of amides is 3. The van der Waals surface area contributed by atoms with E-state index in [1.165, 1.54) is 0 Å². The van der Waals surface area contributed by atoms with Gasteiger partial charge in [0.15, 0.2) is 0 Å². The first-order valence-corrected chi connectivity index (χ1v) is 10.2. The van der Waals surface area contributed by atoms with E-state index in [0.717, 1.165) is 28.8 Å². The monoisotopic (exact) mass is 419 g/mol. The SMILES string of the molecule is Cc1ccc(NC(=O)NCc2ccc3c(c2)CCN3C(=O)c2ccccc2)cc1Cl. The predicted octanol–water partition coefficient (Wildman–Crippen LogP) is 5.17. The molecule has 6 heteroatoms. The number of benzene rings is 3. The largest absolute Gasteiger partial charge is 0.334 e. The smallest absolute Gasteiger partial charge is 0.319 e. The molecule has 0 saturated heterocycles. The third-order valence-electron chi connectivity index (χ3n) is 5.19. The third kappa shape index (κ3) is 4.31. The van der Waals surface area contributed by atoms with Crippen molar-refractivity contribution in [2.24, 2.45) is 0 Å². The van der Waals surface area contributed by atoms with Crippen LogP contribution < -0.4 is 15.5 Å². The molecular formula is C24H22ClN3O2. The molecule has 0 unspecified atom stereocenters. The van der Waals surface area contributed by atoms with Crippen molar-refractivity contribution in [2.75, 3.05) is 16.8 Å². The Morgan fingerprint density at radius 2 is 1.83 bits per heavy atom. The molecule has 0 fully saturated rings. The molecule has 0 atom stereocenters. The highest BCUT2D eigenvalue weighted by molar-refractivity contribution is 6.31. The Hall–Kier alpha value is -3.31. The maximum Gasteiger partial charge on any atom is 0.319 e. The Labute approximate surface area is 180 Å². The molecule has 4 rings (SSSR count). The number of nitrogens with one attached hydrogen (secondary N) is 2. The van der Waals surface area contributed by atoms with Crippen molar-refractivity contribution in [3.63, 3.8) is 0 Å². The summed E-state index contributed by atoms with van der Waals surface area (Å²) in [6, 6.07) is 20.4. The van der Waals surface area contributed by atoms with Gasteiger partial charge in [0.25, 0.3) is 5.91 Å². The van der Waals surface area contributed by atoms with Gasteiger partial charge in [0.1, 0.15) is 0 Å². The molecular weight excluding hydrogens is 398 g/mol. The molecule has 3 amide bonds. The summed E-state index contributed by atoms with van der Waals surface area (Å²) in [4.78, 5) is 26.8. The van der Waals surface area contributed by atoms with E-state index in [2.05, 4.69) is 16.7 Å². The van der Waals surface area contributed by atoms with Crippen LogP contribution in [0.2, 0.25) is 5.02 Å². The molecule has 0 saturated carbocycles. The molecule has 2 N–H and O–H groups in total. The van der Waals surface area contributed by atoms with Crippen LogP contribution in [0.3, 0.4) is 0 Å². The van der Waals surface area contributed by atoms with E-state index in [9.17, 15) is 9.59 Å². The Bertz CT molecular complexity index is 1100. The van der Waals surface area contributed by atoms with Crippen LogP contribution in [-0.4, -0.2) is 18.5 Å². The number of rotatable bonds is 4. The molecule has 5 nitrogen and oxygen atoms in total. The second kappa shape index (κ2) is 8.59. The minimum atomic E-state index is -0.295. The van der Waals surface area contributed by atoms with Crippen LogP contribution in [0.15, 0.2) is 66.7 Å². The maximum absolute atomic E-state index is 12.8. The first-order valence-electron chi connectivity index (χ1n) is 9.81. The lowest BCUT2D eigenvalue weighted by atomic mass is 10.1. The van der Waals surface area contributed by atoms with Gasteiger partial charge in [-0.1, -0.05) is 48.0 Å². The topological polar surface area (TPSA) is 61.4 Å². The summed E-state index contributed by atoms with van der Waals surface area (Å²) in [6.07, 6.45) is 0.801. The Morgan fingerprint density at radius 1 is 1.03 bits per heavy atom. The summed E-state index contributed by atoms with van der Waals surface area (Å²) in [5, 5.41) is 6.26. The first kappa shape index (κ1) is 20.0. The average molecular weight is 420 g/mol. The molecule has 0 aliphatic carbocycles. The number of fused-ring (bicyclic) bond motifs is 1. The van der Waals surface area contributed by atoms with E-state index >= 15 is 0 Å². The number of urea groups is 1. The van der Waals surface area contributed by atoms with Gasteiger partial charge in [0.05, 0.1) is 0 Å². The molecule has 0 radical (unpaired) electrons. The molecule has 1 aliphatic rings. The highest BCUT2D eigenvalue weighted by atomic mass is 35.5. The lowest BCUT2D eigenvalue weighted by Crippen LogP contribution is -2.29. The van der Waals surface area contributed by atoms with Crippen molar-refractivity contribution in [3.05, 3.63) is 94.0 Å². The van der Waals surface area contributed by atoms with Crippen LogP contribution in [0.5, 0.6) is 0 Å². The summed E-state index contributed by atoms with van der Waals surface area (Å²) in [5.74, 6) is 0.0105. The highest BCUT2D eigenvalue weighted by Crippen LogP contribution is 2.30. The van der Waals surface area contributed by atoms with Crippen LogP contribution in [0.1, 0.15) is 27.0 Å². The fourth-order valence-electron chi connectivity index (χ4n) is 3.54. The average Bonchev–Trinajstić information content (AvgIpc) is 3.18. The van der Waals surface area contributed by atoms with Gasteiger partial charge in [-0.25, -0.2) is 4.79 Å². The predicted molar refractivity (Wildman–Crippen MR) is 120 cm³/mol. The summed E-state index contributed by atoms with van der Waals surface area (Å²) >= 11 is 6.10. The first-order chi connectivity index (χ1) is 14.5. The molecule has 0 spiro atoms. The van der Waals surface area contributed by atoms with Gasteiger partial charge < -0.3 is 15.5 Å². The van der Waals surface area contributed by atoms with E-state index in [4.69, 9.17) is 11.6 Å². The van der Waals surface area contributed by atoms with Gasteiger partial charge in [-0.05, 0) is 60.4 Å². The summed E-state index contributed by atoms with van der Waals surface area (Å²) in [7, 11) is 0. The van der Waals surface area contributed by atoms with Gasteiger partial charge in [-0.15, -0.1) is 0 Å². The van der Waals surface area contributed by atoms with Crippen LogP contribution >= 0.6 is 11.6 Å². The lowest BCUT2D eigenvalue weighted by Gasteiger charge is -2.17. The number of carbonyl (C=O) groups is 2. The quantitative estimate of drug-likeness (QED) is 0.612. The minimum Gasteiger partial charge on any atom is -0.334 e. The molecule has 152 valence electrons. The lowest BCUT2D eigenvalue weighted by molar-refractivity contribution is 0.0989. The van der Waals surface area contributed by atoms with Crippen LogP contribution in [0.4, 0.5) is 16.2 Å². The minimum absolute atomic E-state index is 0.0105. The number of nitrogens with zero attached hydrogens (tertiary/aromatic N) is 1. The van der Waals surface area contributed by atoms with Crippen molar-refractivity contribution >= 4 is 34.9 Å². The molecule has 30 heavy (non-hydrogen) atoms. The second-order valence-corrected chi connectivity index (χ2v) is 7.71. The zero-order valence-corrected chi connectivity index (χ0v) is 17.4. The fourth-order valence-corrected chi connectivity index (χ4v) is 3.72. The molecule has 1 aliphatic heterocycles. The van der Waals surface area contributed by atoms with Gasteiger partial charge in [-0.2, -0.15) is 0 Å². The van der Waals surface area contributed by atoms with E-state index in [0.29, 0.717) is 29.4 Å². The number of halogens is 1. The van der Waals surface area contributed by atoms with Crippen molar-refractivity contribution in [3.8, 4) is 0 Å². The standard InChI is InChI=1S/C24H22ClN3O2/c1-16-7-9-20(14-21(16)25)27-24(30)26-15-17-8-10-22-19(13-17)11-12-28(22)23(29)18-5-3-2-4-6-18/h2-10,13-14H,11-12,15H2,1H3,(H2,26,27,30). The molecule has 1 heterocycles. The molecule has 3 aromatic rings. The van der Waals surface area contributed by atoms with Crippen molar-refractivity contribution in [2.45, 2.75) is 19.9 Å². The molecule has 0 aromatic heterocycles. The van der Waals surface area contributed by atoms with E-state index < -0.39 is 0 Å². The fraction of sp³-hybridized carbons (Fsp3) is 0.167. The number of aryl methyl sites for hydroxylation is 1. The van der Waals surface area contributed by atoms with Crippen molar-refractivity contribution < 1.29 is 9.59 Å². The zero-order chi connectivity index (χ0) is 21.1. The summed E-state index contributed by atoms with van der Waals surface area (Å²) in [6.45, 7) is 2.97. The van der Waals surface area contributed by atoms with Gasteiger partial charge >= 0.3 is 6.03 Å². The van der Waals surface area contributed by atoms with Crippen molar-refractivity contribution in [1.29, 1.82) is 0 Å². The molecule has 0 bridgehead atoms. The highest BCUT2D eigenvalue weighted by Gasteiger charge is 2.25. The van der Waals surface area contributed by atoms with E-state index in [-0.39, 0.29) is 11.9 Å². The third-order valence-corrected chi connectivity index (χ3v) is 5.60. The van der Waals surface area contributed by atoms with Gasteiger partial charge in [0.2, 0.25) is 0 Å². The number of carbonyl (C=O) groups excluding carboxylic acids is 2. The van der Waals surface area contributed by atoms with Crippen molar-refractivity contribution in [1.82, 2.24) is 5.32 Å². The number of hydrogen-bond donors (Lipinski definition) is 2. The Kier molecular flexibility index (Phi) is 5.72.